The lowest BCUT2D eigenvalue weighted by Gasteiger charge is -2.11. The average molecular weight is 267 g/mol. The number of hydrogen-bond acceptors (Lipinski definition) is 2. The molecule has 2 heteroatoms. The Morgan fingerprint density at radius 1 is 1.00 bits per heavy atom. The molecule has 0 fully saturated rings. The van der Waals surface area contributed by atoms with Crippen LogP contribution in [0, 0.1) is 20.8 Å². The van der Waals surface area contributed by atoms with Crippen molar-refractivity contribution >= 4 is 11.5 Å². The molecule has 0 spiro atoms. The van der Waals surface area contributed by atoms with Gasteiger partial charge in [0.05, 0.1) is 0 Å². The molecule has 2 nitrogen and oxygen atoms in total. The molecule has 0 radical (unpaired) electrons. The van der Waals surface area contributed by atoms with Crippen molar-refractivity contribution in [2.75, 3.05) is 5.73 Å². The Kier molecular flexibility index (Phi) is 4.23. The van der Waals surface area contributed by atoms with E-state index in [1.54, 1.807) is 0 Å². The van der Waals surface area contributed by atoms with Gasteiger partial charge in [-0.15, -0.1) is 0 Å². The zero-order valence-electron chi connectivity index (χ0n) is 12.4. The van der Waals surface area contributed by atoms with Gasteiger partial charge in [-0.2, -0.15) is 0 Å². The van der Waals surface area contributed by atoms with Crippen molar-refractivity contribution in [2.24, 2.45) is 0 Å². The van der Waals surface area contributed by atoms with Crippen molar-refractivity contribution in [3.63, 3.8) is 0 Å². The minimum atomic E-state index is 0.227. The maximum absolute atomic E-state index is 12.2. The van der Waals surface area contributed by atoms with E-state index >= 15 is 0 Å². The van der Waals surface area contributed by atoms with E-state index in [1.165, 1.54) is 16.7 Å². The molecule has 104 valence electrons. The normalized spacial score (nSPS) is 10.6. The number of nitrogens with two attached hydrogens (primary N) is 1. The standard InChI is InChI=1S/C18H21NO/c1-12-7-13(2)18(14(3)8-12)11-17(20)10-15-5-4-6-16(19)9-15/h4-9H,10-11,19H2,1-3H3. The lowest BCUT2D eigenvalue weighted by Crippen LogP contribution is -2.09. The molecule has 20 heavy (non-hydrogen) atoms. The van der Waals surface area contributed by atoms with Gasteiger partial charge in [-0.05, 0) is 55.2 Å². The quantitative estimate of drug-likeness (QED) is 0.861. The molecular formula is C18H21NO. The van der Waals surface area contributed by atoms with E-state index in [0.29, 0.717) is 18.5 Å². The van der Waals surface area contributed by atoms with Crippen LogP contribution in [0.3, 0.4) is 0 Å². The number of hydrogen-bond donors (Lipinski definition) is 1. The number of ketones is 1. The number of benzene rings is 2. The van der Waals surface area contributed by atoms with Crippen LogP contribution in [0.2, 0.25) is 0 Å². The molecule has 0 bridgehead atoms. The molecule has 2 N–H and O–H groups in total. The van der Waals surface area contributed by atoms with E-state index in [0.717, 1.165) is 11.1 Å². The lowest BCUT2D eigenvalue weighted by atomic mass is 9.94. The highest BCUT2D eigenvalue weighted by Gasteiger charge is 2.10. The van der Waals surface area contributed by atoms with Crippen molar-refractivity contribution in [1.82, 2.24) is 0 Å². The van der Waals surface area contributed by atoms with Gasteiger partial charge in [0.2, 0.25) is 0 Å². The highest BCUT2D eigenvalue weighted by Crippen LogP contribution is 2.18. The average Bonchev–Trinajstić information content (AvgIpc) is 2.33. The van der Waals surface area contributed by atoms with Crippen LogP contribution in [0.4, 0.5) is 5.69 Å². The van der Waals surface area contributed by atoms with Crippen LogP contribution in [0.25, 0.3) is 0 Å². The van der Waals surface area contributed by atoms with Crippen LogP contribution in [0.15, 0.2) is 36.4 Å². The number of nitrogen functional groups attached to an aromatic ring is 1. The molecule has 2 rings (SSSR count). The predicted molar refractivity (Wildman–Crippen MR) is 83.9 cm³/mol. The first kappa shape index (κ1) is 14.3. The first-order valence-corrected chi connectivity index (χ1v) is 6.88. The molecule has 0 saturated carbocycles. The molecule has 2 aromatic carbocycles. The Hall–Kier alpha value is -2.09. The zero-order chi connectivity index (χ0) is 14.7. The van der Waals surface area contributed by atoms with Gasteiger partial charge in [0.15, 0.2) is 0 Å². The third kappa shape index (κ3) is 3.47. The third-order valence-corrected chi connectivity index (χ3v) is 3.57. The zero-order valence-corrected chi connectivity index (χ0v) is 12.4. The van der Waals surface area contributed by atoms with Gasteiger partial charge in [0.25, 0.3) is 0 Å². The third-order valence-electron chi connectivity index (χ3n) is 3.57. The van der Waals surface area contributed by atoms with Crippen molar-refractivity contribution in [1.29, 1.82) is 0 Å². The van der Waals surface area contributed by atoms with E-state index in [2.05, 4.69) is 32.9 Å². The number of rotatable bonds is 4. The summed E-state index contributed by atoms with van der Waals surface area (Å²) >= 11 is 0. The molecule has 0 aliphatic carbocycles. The second kappa shape index (κ2) is 5.91. The Balaban J connectivity index is 2.13. The van der Waals surface area contributed by atoms with Crippen molar-refractivity contribution in [3.05, 3.63) is 64.2 Å². The van der Waals surface area contributed by atoms with E-state index in [9.17, 15) is 4.79 Å². The summed E-state index contributed by atoms with van der Waals surface area (Å²) in [6.45, 7) is 6.23. The number of Topliss-reactive ketones (excluding diaryl/α,β-unsaturated/α-hetero) is 1. The van der Waals surface area contributed by atoms with Crippen LogP contribution in [0.1, 0.15) is 27.8 Å². The minimum absolute atomic E-state index is 0.227. The van der Waals surface area contributed by atoms with Gasteiger partial charge < -0.3 is 5.73 Å². The van der Waals surface area contributed by atoms with Gasteiger partial charge in [0.1, 0.15) is 5.78 Å². The highest BCUT2D eigenvalue weighted by atomic mass is 16.1. The first-order valence-electron chi connectivity index (χ1n) is 6.88. The maximum Gasteiger partial charge on any atom is 0.141 e. The number of anilines is 1. The monoisotopic (exact) mass is 267 g/mol. The second-order valence-corrected chi connectivity index (χ2v) is 5.51. The van der Waals surface area contributed by atoms with E-state index in [-0.39, 0.29) is 5.78 Å². The van der Waals surface area contributed by atoms with E-state index in [4.69, 9.17) is 5.73 Å². The van der Waals surface area contributed by atoms with E-state index in [1.807, 2.05) is 24.3 Å². The Morgan fingerprint density at radius 2 is 1.65 bits per heavy atom. The Morgan fingerprint density at radius 3 is 2.25 bits per heavy atom. The summed E-state index contributed by atoms with van der Waals surface area (Å²) in [4.78, 5) is 12.2. The van der Waals surface area contributed by atoms with Crippen molar-refractivity contribution < 1.29 is 4.79 Å². The largest absolute Gasteiger partial charge is 0.399 e. The molecule has 0 aromatic heterocycles. The molecular weight excluding hydrogens is 246 g/mol. The molecule has 0 aliphatic heterocycles. The fourth-order valence-electron chi connectivity index (χ4n) is 2.68. The summed E-state index contributed by atoms with van der Waals surface area (Å²) in [5.74, 6) is 0.227. The van der Waals surface area contributed by atoms with Crippen LogP contribution >= 0.6 is 0 Å². The SMILES string of the molecule is Cc1cc(C)c(CC(=O)Cc2cccc(N)c2)c(C)c1. The molecule has 0 saturated heterocycles. The van der Waals surface area contributed by atoms with Crippen LogP contribution in [-0.2, 0) is 17.6 Å². The first-order chi connectivity index (χ1) is 9.45. The fraction of sp³-hybridized carbons (Fsp3) is 0.278. The molecule has 0 atom stereocenters. The summed E-state index contributed by atoms with van der Waals surface area (Å²) < 4.78 is 0. The topological polar surface area (TPSA) is 43.1 Å². The van der Waals surface area contributed by atoms with E-state index < -0.39 is 0 Å². The molecule has 0 unspecified atom stereocenters. The summed E-state index contributed by atoms with van der Waals surface area (Å²) in [5.41, 5.74) is 12.2. The van der Waals surface area contributed by atoms with Crippen LogP contribution in [0.5, 0.6) is 0 Å². The number of aryl methyl sites for hydroxylation is 3. The second-order valence-electron chi connectivity index (χ2n) is 5.51. The van der Waals surface area contributed by atoms with Gasteiger partial charge >= 0.3 is 0 Å². The smallest absolute Gasteiger partial charge is 0.141 e. The van der Waals surface area contributed by atoms with Gasteiger partial charge in [-0.1, -0.05) is 29.8 Å². The molecule has 0 amide bonds. The van der Waals surface area contributed by atoms with Gasteiger partial charge in [-0.25, -0.2) is 0 Å². The van der Waals surface area contributed by atoms with Crippen molar-refractivity contribution in [2.45, 2.75) is 33.6 Å². The Bertz CT molecular complexity index is 621. The summed E-state index contributed by atoms with van der Waals surface area (Å²) in [7, 11) is 0. The van der Waals surface area contributed by atoms with Gasteiger partial charge in [-0.3, -0.25) is 4.79 Å². The summed E-state index contributed by atoms with van der Waals surface area (Å²) in [6, 6.07) is 11.8. The highest BCUT2D eigenvalue weighted by molar-refractivity contribution is 5.84. The number of carbonyl (C=O) groups is 1. The Labute approximate surface area is 120 Å². The molecule has 0 aliphatic rings. The summed E-state index contributed by atoms with van der Waals surface area (Å²) in [5, 5.41) is 0. The fourth-order valence-corrected chi connectivity index (χ4v) is 2.68. The molecule has 2 aromatic rings. The number of carbonyl (C=O) groups excluding carboxylic acids is 1. The van der Waals surface area contributed by atoms with Gasteiger partial charge in [0, 0.05) is 18.5 Å². The molecule has 0 heterocycles. The summed E-state index contributed by atoms with van der Waals surface area (Å²) in [6.07, 6.45) is 0.935. The van der Waals surface area contributed by atoms with Crippen LogP contribution < -0.4 is 5.73 Å². The minimum Gasteiger partial charge on any atom is -0.399 e. The maximum atomic E-state index is 12.2. The lowest BCUT2D eigenvalue weighted by molar-refractivity contribution is -0.117. The van der Waals surface area contributed by atoms with Crippen LogP contribution in [-0.4, -0.2) is 5.78 Å². The van der Waals surface area contributed by atoms with Crippen molar-refractivity contribution in [3.8, 4) is 0 Å². The predicted octanol–water partition coefficient (Wildman–Crippen LogP) is 3.55.